The first-order valence-corrected chi connectivity index (χ1v) is 8.77. The number of carbonyl (C=O) groups is 1. The molecule has 0 saturated heterocycles. The van der Waals surface area contributed by atoms with Crippen molar-refractivity contribution in [1.29, 1.82) is 0 Å². The Morgan fingerprint density at radius 1 is 1.07 bits per heavy atom. The molecule has 138 valence electrons. The molecule has 6 nitrogen and oxygen atoms in total. The lowest BCUT2D eigenvalue weighted by Gasteiger charge is -2.17. The molecule has 0 spiro atoms. The van der Waals surface area contributed by atoms with Gasteiger partial charge < -0.3 is 15.0 Å². The summed E-state index contributed by atoms with van der Waals surface area (Å²) in [6.45, 7) is 3.01. The van der Waals surface area contributed by atoms with Gasteiger partial charge in [-0.3, -0.25) is 4.79 Å². The molecule has 3 aromatic rings. The summed E-state index contributed by atoms with van der Waals surface area (Å²) >= 11 is 0. The van der Waals surface area contributed by atoms with Crippen LogP contribution >= 0.6 is 0 Å². The summed E-state index contributed by atoms with van der Waals surface area (Å²) in [7, 11) is 1.76. The maximum absolute atomic E-state index is 12.7. The molecular formula is C21H22N4O2. The summed E-state index contributed by atoms with van der Waals surface area (Å²) in [4.78, 5) is 22.7. The van der Waals surface area contributed by atoms with Crippen LogP contribution in [0.5, 0.6) is 5.75 Å². The fourth-order valence-electron chi connectivity index (χ4n) is 2.66. The van der Waals surface area contributed by atoms with Crippen molar-refractivity contribution in [2.45, 2.75) is 13.5 Å². The minimum atomic E-state index is -0.164. The van der Waals surface area contributed by atoms with Crippen molar-refractivity contribution in [2.24, 2.45) is 0 Å². The van der Waals surface area contributed by atoms with Gasteiger partial charge >= 0.3 is 0 Å². The van der Waals surface area contributed by atoms with Crippen LogP contribution in [0.25, 0.3) is 0 Å². The number of para-hydroxylation sites is 2. The van der Waals surface area contributed by atoms with Gasteiger partial charge in [0.15, 0.2) is 0 Å². The number of nitrogens with one attached hydrogen (secondary N) is 1. The third-order valence-corrected chi connectivity index (χ3v) is 3.95. The highest BCUT2D eigenvalue weighted by Crippen LogP contribution is 2.26. The molecule has 0 aliphatic carbocycles. The van der Waals surface area contributed by atoms with Gasteiger partial charge in [0.2, 0.25) is 0 Å². The third-order valence-electron chi connectivity index (χ3n) is 3.95. The Kier molecular flexibility index (Phi) is 5.99. The van der Waals surface area contributed by atoms with Gasteiger partial charge in [-0.25, -0.2) is 9.97 Å². The molecule has 0 bridgehead atoms. The number of hydrogen-bond acceptors (Lipinski definition) is 5. The van der Waals surface area contributed by atoms with E-state index in [4.69, 9.17) is 4.74 Å². The van der Waals surface area contributed by atoms with Gasteiger partial charge in [0.25, 0.3) is 5.91 Å². The van der Waals surface area contributed by atoms with E-state index in [1.165, 1.54) is 6.33 Å². The van der Waals surface area contributed by atoms with Crippen molar-refractivity contribution in [1.82, 2.24) is 14.9 Å². The molecule has 0 saturated carbocycles. The van der Waals surface area contributed by atoms with E-state index in [-0.39, 0.29) is 5.91 Å². The monoisotopic (exact) mass is 362 g/mol. The maximum atomic E-state index is 12.7. The number of amides is 1. The van der Waals surface area contributed by atoms with Crippen LogP contribution < -0.4 is 10.1 Å². The van der Waals surface area contributed by atoms with E-state index >= 15 is 0 Å². The first-order chi connectivity index (χ1) is 13.2. The standard InChI is InChI=1S/C21H22N4O2/c1-3-27-19-12-8-7-11-17(19)24-20-13-18(22-15-23-20)21(26)25(2)14-16-9-5-4-6-10-16/h4-13,15H,3,14H2,1-2H3,(H,22,23,24). The van der Waals surface area contributed by atoms with Crippen LogP contribution in [0.3, 0.4) is 0 Å². The molecule has 0 aliphatic rings. The fourth-order valence-corrected chi connectivity index (χ4v) is 2.66. The average molecular weight is 362 g/mol. The molecule has 1 heterocycles. The van der Waals surface area contributed by atoms with E-state index in [0.29, 0.717) is 24.7 Å². The SMILES string of the molecule is CCOc1ccccc1Nc1cc(C(=O)N(C)Cc2ccccc2)ncn1. The van der Waals surface area contributed by atoms with Crippen LogP contribution in [-0.4, -0.2) is 34.4 Å². The van der Waals surface area contributed by atoms with Crippen LogP contribution in [0.4, 0.5) is 11.5 Å². The molecule has 0 radical (unpaired) electrons. The van der Waals surface area contributed by atoms with E-state index in [9.17, 15) is 4.79 Å². The van der Waals surface area contributed by atoms with Gasteiger partial charge in [-0.1, -0.05) is 42.5 Å². The zero-order chi connectivity index (χ0) is 19.1. The second kappa shape index (κ2) is 8.80. The maximum Gasteiger partial charge on any atom is 0.272 e. The van der Waals surface area contributed by atoms with E-state index < -0.39 is 0 Å². The number of hydrogen-bond donors (Lipinski definition) is 1. The fraction of sp³-hybridized carbons (Fsp3) is 0.190. The molecule has 1 amide bonds. The summed E-state index contributed by atoms with van der Waals surface area (Å²) in [5.41, 5.74) is 2.18. The topological polar surface area (TPSA) is 67.3 Å². The zero-order valence-corrected chi connectivity index (χ0v) is 15.4. The van der Waals surface area contributed by atoms with Crippen molar-refractivity contribution < 1.29 is 9.53 Å². The predicted molar refractivity (Wildman–Crippen MR) is 105 cm³/mol. The molecule has 2 aromatic carbocycles. The van der Waals surface area contributed by atoms with Gasteiger partial charge in [-0.2, -0.15) is 0 Å². The number of aromatic nitrogens is 2. The largest absolute Gasteiger partial charge is 0.492 e. The molecule has 0 fully saturated rings. The first kappa shape index (κ1) is 18.4. The van der Waals surface area contributed by atoms with Gasteiger partial charge in [-0.15, -0.1) is 0 Å². The quantitative estimate of drug-likeness (QED) is 0.691. The highest BCUT2D eigenvalue weighted by molar-refractivity contribution is 5.92. The summed E-state index contributed by atoms with van der Waals surface area (Å²) in [5, 5.41) is 3.19. The number of benzene rings is 2. The lowest BCUT2D eigenvalue weighted by Crippen LogP contribution is -2.27. The lowest BCUT2D eigenvalue weighted by molar-refractivity contribution is 0.0779. The molecule has 0 unspecified atom stereocenters. The number of nitrogens with zero attached hydrogens (tertiary/aromatic N) is 3. The van der Waals surface area contributed by atoms with Crippen LogP contribution in [0.2, 0.25) is 0 Å². The van der Waals surface area contributed by atoms with Gasteiger partial charge in [-0.05, 0) is 24.6 Å². The summed E-state index contributed by atoms with van der Waals surface area (Å²) in [6, 6.07) is 19.1. The van der Waals surface area contributed by atoms with Crippen LogP contribution in [0.1, 0.15) is 23.0 Å². The summed E-state index contributed by atoms with van der Waals surface area (Å²) < 4.78 is 5.61. The van der Waals surface area contributed by atoms with Crippen molar-refractivity contribution in [3.63, 3.8) is 0 Å². The molecule has 6 heteroatoms. The molecule has 0 aliphatic heterocycles. The molecule has 3 rings (SSSR count). The first-order valence-electron chi connectivity index (χ1n) is 8.77. The Morgan fingerprint density at radius 2 is 1.81 bits per heavy atom. The zero-order valence-electron chi connectivity index (χ0n) is 15.4. The van der Waals surface area contributed by atoms with Gasteiger partial charge in [0.05, 0.1) is 12.3 Å². The Bertz CT molecular complexity index is 899. The lowest BCUT2D eigenvalue weighted by atomic mass is 10.2. The molecular weight excluding hydrogens is 340 g/mol. The second-order valence-corrected chi connectivity index (χ2v) is 5.99. The molecule has 1 N–H and O–H groups in total. The number of carbonyl (C=O) groups excluding carboxylic acids is 1. The summed E-state index contributed by atoms with van der Waals surface area (Å²) in [6.07, 6.45) is 1.38. The minimum absolute atomic E-state index is 0.164. The van der Waals surface area contributed by atoms with E-state index in [1.54, 1.807) is 18.0 Å². The van der Waals surface area contributed by atoms with Crippen molar-refractivity contribution >= 4 is 17.4 Å². The van der Waals surface area contributed by atoms with Crippen molar-refractivity contribution in [3.8, 4) is 5.75 Å². The molecule has 0 atom stereocenters. The molecule has 27 heavy (non-hydrogen) atoms. The van der Waals surface area contributed by atoms with Gasteiger partial charge in [0.1, 0.15) is 23.6 Å². The van der Waals surface area contributed by atoms with E-state index in [0.717, 1.165) is 17.0 Å². The van der Waals surface area contributed by atoms with Crippen molar-refractivity contribution in [3.05, 3.63) is 78.2 Å². The normalized spacial score (nSPS) is 10.3. The van der Waals surface area contributed by atoms with Crippen LogP contribution in [0, 0.1) is 0 Å². The Balaban J connectivity index is 1.74. The highest BCUT2D eigenvalue weighted by atomic mass is 16.5. The number of anilines is 2. The minimum Gasteiger partial charge on any atom is -0.492 e. The van der Waals surface area contributed by atoms with Crippen molar-refractivity contribution in [2.75, 3.05) is 19.0 Å². The second-order valence-electron chi connectivity index (χ2n) is 5.99. The molecule has 1 aromatic heterocycles. The van der Waals surface area contributed by atoms with Crippen LogP contribution in [-0.2, 0) is 6.54 Å². The Morgan fingerprint density at radius 3 is 2.59 bits per heavy atom. The van der Waals surface area contributed by atoms with Crippen LogP contribution in [0.15, 0.2) is 67.0 Å². The average Bonchev–Trinajstić information content (AvgIpc) is 2.70. The smallest absolute Gasteiger partial charge is 0.272 e. The predicted octanol–water partition coefficient (Wildman–Crippen LogP) is 3.89. The van der Waals surface area contributed by atoms with E-state index in [1.807, 2.05) is 61.5 Å². The van der Waals surface area contributed by atoms with Gasteiger partial charge in [0, 0.05) is 19.7 Å². The Labute approximate surface area is 158 Å². The highest BCUT2D eigenvalue weighted by Gasteiger charge is 2.15. The summed E-state index contributed by atoms with van der Waals surface area (Å²) in [5.74, 6) is 1.10. The van der Waals surface area contributed by atoms with E-state index in [2.05, 4.69) is 15.3 Å². The third kappa shape index (κ3) is 4.82. The number of ether oxygens (including phenoxy) is 1. The Hall–Kier alpha value is -3.41. The number of rotatable bonds is 7.